The Morgan fingerprint density at radius 1 is 0.364 bits per heavy atom. The van der Waals surface area contributed by atoms with Crippen LogP contribution >= 0.6 is 11.3 Å². The second-order valence-electron chi connectivity index (χ2n) is 14.1. The maximum Gasteiger partial charge on any atom is 0.0541 e. The lowest BCUT2D eigenvalue weighted by molar-refractivity contribution is 1.17. The highest BCUT2D eigenvalue weighted by molar-refractivity contribution is 7.25. The minimum atomic E-state index is 1.09. The molecular weight excluding hydrogens is 685 g/mol. The van der Waals surface area contributed by atoms with Crippen LogP contribution in [0, 0.1) is 0 Å². The van der Waals surface area contributed by atoms with Crippen molar-refractivity contribution >= 4 is 81.1 Å². The molecule has 0 aliphatic heterocycles. The number of para-hydroxylation sites is 3. The Balaban J connectivity index is 1.14. The number of thiophene rings is 1. The Morgan fingerprint density at radius 3 is 1.78 bits per heavy atom. The standard InChI is InChI=1S/C52H34N2S/c1-2-20-41-35(14-1)15-12-25-42(41)36-16-11-17-38(32-36)53(39-18-13-19-40(34-39)54-49-27-8-4-22-44(49)45-23-5-9-28-50(45)54)48-26-7-3-21-43(48)37-30-31-52-47(33-37)46-24-6-10-29-51(46)55-52/h1-34H. The van der Waals surface area contributed by atoms with Crippen molar-refractivity contribution < 1.29 is 0 Å². The molecule has 11 aromatic rings. The fraction of sp³-hybridized carbons (Fsp3) is 0. The minimum Gasteiger partial charge on any atom is -0.310 e. The van der Waals surface area contributed by atoms with E-state index in [0.717, 1.165) is 22.7 Å². The van der Waals surface area contributed by atoms with E-state index in [4.69, 9.17) is 0 Å². The molecule has 9 aromatic carbocycles. The van der Waals surface area contributed by atoms with Gasteiger partial charge in [0, 0.05) is 53.6 Å². The van der Waals surface area contributed by atoms with Crippen molar-refractivity contribution in [3.63, 3.8) is 0 Å². The van der Waals surface area contributed by atoms with Crippen LogP contribution in [0.25, 0.3) is 80.7 Å². The van der Waals surface area contributed by atoms with Gasteiger partial charge in [-0.2, -0.15) is 0 Å². The van der Waals surface area contributed by atoms with Crippen molar-refractivity contribution in [2.75, 3.05) is 4.90 Å². The highest BCUT2D eigenvalue weighted by Gasteiger charge is 2.20. The molecule has 0 atom stereocenters. The van der Waals surface area contributed by atoms with Crippen LogP contribution in [-0.2, 0) is 0 Å². The van der Waals surface area contributed by atoms with E-state index in [-0.39, 0.29) is 0 Å². The Bertz CT molecular complexity index is 3180. The second kappa shape index (κ2) is 12.9. The SMILES string of the molecule is c1cc(-c2cccc3ccccc23)cc(N(c2cccc(-n3c4ccccc4c4ccccc43)c2)c2ccccc2-c2ccc3sc4ccccc4c3c2)c1. The predicted octanol–water partition coefficient (Wildman–Crippen LogP) is 15.1. The van der Waals surface area contributed by atoms with Crippen molar-refractivity contribution in [1.82, 2.24) is 4.57 Å². The van der Waals surface area contributed by atoms with E-state index in [1.54, 1.807) is 0 Å². The molecule has 0 fully saturated rings. The van der Waals surface area contributed by atoms with E-state index in [0.29, 0.717) is 0 Å². The Hall–Kier alpha value is -6.94. The van der Waals surface area contributed by atoms with Crippen molar-refractivity contribution in [2.24, 2.45) is 0 Å². The zero-order valence-electron chi connectivity index (χ0n) is 29.9. The summed E-state index contributed by atoms with van der Waals surface area (Å²) in [5, 5.41) is 7.60. The zero-order valence-corrected chi connectivity index (χ0v) is 30.7. The van der Waals surface area contributed by atoms with Crippen LogP contribution in [-0.4, -0.2) is 4.57 Å². The smallest absolute Gasteiger partial charge is 0.0541 e. The normalized spacial score (nSPS) is 11.6. The lowest BCUT2D eigenvalue weighted by Crippen LogP contribution is -2.12. The van der Waals surface area contributed by atoms with Gasteiger partial charge in [0.1, 0.15) is 0 Å². The van der Waals surface area contributed by atoms with E-state index in [2.05, 4.69) is 216 Å². The Labute approximate surface area is 323 Å². The van der Waals surface area contributed by atoms with Gasteiger partial charge in [-0.25, -0.2) is 0 Å². The molecule has 0 saturated heterocycles. The highest BCUT2D eigenvalue weighted by Crippen LogP contribution is 2.45. The number of hydrogen-bond donors (Lipinski definition) is 0. The molecule has 11 rings (SSSR count). The minimum absolute atomic E-state index is 1.09. The molecule has 258 valence electrons. The molecule has 0 aliphatic carbocycles. The average molecular weight is 719 g/mol. The molecule has 0 N–H and O–H groups in total. The van der Waals surface area contributed by atoms with Gasteiger partial charge in [0.2, 0.25) is 0 Å². The first-order chi connectivity index (χ1) is 27.3. The lowest BCUT2D eigenvalue weighted by atomic mass is 9.97. The molecular formula is C52H34N2S. The van der Waals surface area contributed by atoms with E-state index < -0.39 is 0 Å². The number of aromatic nitrogens is 1. The van der Waals surface area contributed by atoms with Crippen LogP contribution < -0.4 is 4.90 Å². The number of hydrogen-bond acceptors (Lipinski definition) is 2. The van der Waals surface area contributed by atoms with Gasteiger partial charge >= 0.3 is 0 Å². The third-order valence-corrected chi connectivity index (χ3v) is 12.1. The average Bonchev–Trinajstić information content (AvgIpc) is 3.80. The van der Waals surface area contributed by atoms with Gasteiger partial charge in [0.05, 0.1) is 16.7 Å². The monoisotopic (exact) mass is 718 g/mol. The maximum atomic E-state index is 2.44. The summed E-state index contributed by atoms with van der Waals surface area (Å²) in [7, 11) is 0. The molecule has 0 amide bonds. The third-order valence-electron chi connectivity index (χ3n) is 11.0. The molecule has 0 saturated carbocycles. The topological polar surface area (TPSA) is 8.17 Å². The number of fused-ring (bicyclic) bond motifs is 7. The largest absolute Gasteiger partial charge is 0.310 e. The quantitative estimate of drug-likeness (QED) is 0.166. The first-order valence-electron chi connectivity index (χ1n) is 18.8. The predicted molar refractivity (Wildman–Crippen MR) is 237 cm³/mol. The molecule has 0 bridgehead atoms. The van der Waals surface area contributed by atoms with Gasteiger partial charge < -0.3 is 9.47 Å². The van der Waals surface area contributed by atoms with Gasteiger partial charge in [-0.1, -0.05) is 140 Å². The summed E-state index contributed by atoms with van der Waals surface area (Å²) >= 11 is 1.86. The summed E-state index contributed by atoms with van der Waals surface area (Å²) < 4.78 is 5.03. The number of rotatable bonds is 6. The summed E-state index contributed by atoms with van der Waals surface area (Å²) in [5.41, 5.74) is 11.6. The Morgan fingerprint density at radius 2 is 0.945 bits per heavy atom. The van der Waals surface area contributed by atoms with Crippen molar-refractivity contribution in [1.29, 1.82) is 0 Å². The summed E-state index contributed by atoms with van der Waals surface area (Å²) in [6.07, 6.45) is 0. The van der Waals surface area contributed by atoms with Crippen molar-refractivity contribution in [2.45, 2.75) is 0 Å². The first-order valence-corrected chi connectivity index (χ1v) is 19.6. The molecule has 3 heteroatoms. The van der Waals surface area contributed by atoms with Gasteiger partial charge in [0.15, 0.2) is 0 Å². The summed E-state index contributed by atoms with van der Waals surface area (Å²) in [5.74, 6) is 0. The summed E-state index contributed by atoms with van der Waals surface area (Å²) in [6.45, 7) is 0. The van der Waals surface area contributed by atoms with Crippen molar-refractivity contribution in [3.8, 4) is 27.9 Å². The van der Waals surface area contributed by atoms with E-state index in [9.17, 15) is 0 Å². The Kier molecular flexibility index (Phi) is 7.39. The van der Waals surface area contributed by atoms with Crippen LogP contribution in [0.1, 0.15) is 0 Å². The fourth-order valence-electron chi connectivity index (χ4n) is 8.50. The molecule has 2 aromatic heterocycles. The zero-order chi connectivity index (χ0) is 36.3. The van der Waals surface area contributed by atoms with Crippen LogP contribution in [0.5, 0.6) is 0 Å². The fourth-order valence-corrected chi connectivity index (χ4v) is 9.58. The van der Waals surface area contributed by atoms with Gasteiger partial charge in [-0.05, 0) is 94.2 Å². The molecule has 0 aliphatic rings. The molecule has 0 unspecified atom stereocenters. The second-order valence-corrected chi connectivity index (χ2v) is 15.2. The molecule has 2 heterocycles. The summed E-state index contributed by atoms with van der Waals surface area (Å²) in [6, 6.07) is 75.3. The van der Waals surface area contributed by atoms with Crippen molar-refractivity contribution in [3.05, 3.63) is 206 Å². The first kappa shape index (κ1) is 31.6. The van der Waals surface area contributed by atoms with Crippen LogP contribution in [0.15, 0.2) is 206 Å². The van der Waals surface area contributed by atoms with E-state index in [1.807, 2.05) is 11.3 Å². The van der Waals surface area contributed by atoms with Gasteiger partial charge in [-0.15, -0.1) is 11.3 Å². The number of nitrogens with zero attached hydrogens (tertiary/aromatic N) is 2. The third kappa shape index (κ3) is 5.24. The lowest BCUT2D eigenvalue weighted by Gasteiger charge is -2.29. The summed E-state index contributed by atoms with van der Waals surface area (Å²) in [4.78, 5) is 2.44. The molecule has 55 heavy (non-hydrogen) atoms. The molecule has 0 spiro atoms. The number of benzene rings is 9. The maximum absolute atomic E-state index is 2.44. The van der Waals surface area contributed by atoms with Gasteiger partial charge in [-0.3, -0.25) is 0 Å². The van der Waals surface area contributed by atoms with Crippen LogP contribution in [0.3, 0.4) is 0 Å². The van der Waals surface area contributed by atoms with Gasteiger partial charge in [0.25, 0.3) is 0 Å². The molecule has 2 nitrogen and oxygen atoms in total. The van der Waals surface area contributed by atoms with E-state index in [1.165, 1.54) is 75.0 Å². The van der Waals surface area contributed by atoms with Crippen LogP contribution in [0.2, 0.25) is 0 Å². The molecule has 0 radical (unpaired) electrons. The highest BCUT2D eigenvalue weighted by atomic mass is 32.1. The number of anilines is 3. The van der Waals surface area contributed by atoms with E-state index >= 15 is 0 Å². The van der Waals surface area contributed by atoms with Crippen LogP contribution in [0.4, 0.5) is 17.1 Å².